The summed E-state index contributed by atoms with van der Waals surface area (Å²) in [4.78, 5) is 27.1. The number of likely N-dealkylation sites (tertiary alicyclic amines) is 1. The molecule has 4 rings (SSSR count). The van der Waals surface area contributed by atoms with Crippen LogP contribution in [-0.4, -0.2) is 45.8 Å². The van der Waals surface area contributed by atoms with E-state index < -0.39 is 0 Å². The normalized spacial score (nSPS) is 14.2. The van der Waals surface area contributed by atoms with Crippen molar-refractivity contribution in [2.24, 2.45) is 0 Å². The SMILES string of the molecule is Cc1nn(-c2ccc(Cl)cc2)c(C)c1CC(=O)N1CCC(NC(=O)Nc2ccccc2)CC1. The van der Waals surface area contributed by atoms with Gasteiger partial charge in [-0.15, -0.1) is 0 Å². The van der Waals surface area contributed by atoms with E-state index in [1.54, 1.807) is 0 Å². The third-order valence-electron chi connectivity index (χ3n) is 6.05. The zero-order valence-electron chi connectivity index (χ0n) is 18.8. The average molecular weight is 466 g/mol. The quantitative estimate of drug-likeness (QED) is 0.582. The fourth-order valence-electron chi connectivity index (χ4n) is 4.17. The van der Waals surface area contributed by atoms with Crippen molar-refractivity contribution in [2.45, 2.75) is 39.2 Å². The molecule has 1 fully saturated rings. The highest BCUT2D eigenvalue weighted by Gasteiger charge is 2.25. The van der Waals surface area contributed by atoms with E-state index in [9.17, 15) is 9.59 Å². The lowest BCUT2D eigenvalue weighted by Gasteiger charge is -2.32. The zero-order valence-corrected chi connectivity index (χ0v) is 19.6. The van der Waals surface area contributed by atoms with Crippen molar-refractivity contribution in [3.63, 3.8) is 0 Å². The molecule has 0 aliphatic carbocycles. The molecule has 0 spiro atoms. The van der Waals surface area contributed by atoms with Crippen LogP contribution in [0.2, 0.25) is 5.02 Å². The zero-order chi connectivity index (χ0) is 23.4. The number of aryl methyl sites for hydroxylation is 1. The van der Waals surface area contributed by atoms with Crippen LogP contribution in [0.3, 0.4) is 0 Å². The van der Waals surface area contributed by atoms with Gasteiger partial charge in [0.25, 0.3) is 0 Å². The average Bonchev–Trinajstić information content (AvgIpc) is 3.09. The molecule has 2 N–H and O–H groups in total. The van der Waals surface area contributed by atoms with E-state index >= 15 is 0 Å². The van der Waals surface area contributed by atoms with E-state index in [0.29, 0.717) is 24.5 Å². The standard InChI is InChI=1S/C25H28ClN5O2/c1-17-23(18(2)31(29-17)22-10-8-19(26)9-11-22)16-24(32)30-14-12-21(13-15-30)28-25(33)27-20-6-4-3-5-7-20/h3-11,21H,12-16H2,1-2H3,(H2,27,28,33). The van der Waals surface area contributed by atoms with E-state index in [2.05, 4.69) is 15.7 Å². The summed E-state index contributed by atoms with van der Waals surface area (Å²) in [6.07, 6.45) is 1.78. The number of carbonyl (C=O) groups is 2. The van der Waals surface area contributed by atoms with Crippen LogP contribution in [0.4, 0.5) is 10.5 Å². The first-order chi connectivity index (χ1) is 15.9. The molecule has 1 aliphatic rings. The third kappa shape index (κ3) is 5.54. The lowest BCUT2D eigenvalue weighted by atomic mass is 10.0. The highest BCUT2D eigenvalue weighted by molar-refractivity contribution is 6.30. The number of carbonyl (C=O) groups excluding carboxylic acids is 2. The van der Waals surface area contributed by atoms with Crippen LogP contribution in [0.15, 0.2) is 54.6 Å². The molecule has 33 heavy (non-hydrogen) atoms. The second-order valence-corrected chi connectivity index (χ2v) is 8.77. The van der Waals surface area contributed by atoms with Crippen LogP contribution < -0.4 is 10.6 Å². The number of rotatable bonds is 5. The highest BCUT2D eigenvalue weighted by Crippen LogP contribution is 2.21. The number of halogens is 1. The van der Waals surface area contributed by atoms with E-state index in [4.69, 9.17) is 11.6 Å². The number of anilines is 1. The summed E-state index contributed by atoms with van der Waals surface area (Å²) in [5.41, 5.74) is 4.44. The van der Waals surface area contributed by atoms with Gasteiger partial charge in [-0.1, -0.05) is 29.8 Å². The van der Waals surface area contributed by atoms with Crippen molar-refractivity contribution in [3.8, 4) is 5.69 Å². The van der Waals surface area contributed by atoms with Gasteiger partial charge in [0.15, 0.2) is 0 Å². The summed E-state index contributed by atoms with van der Waals surface area (Å²) in [6, 6.07) is 16.7. The van der Waals surface area contributed by atoms with Crippen molar-refractivity contribution < 1.29 is 9.59 Å². The Labute approximate surface area is 198 Å². The first-order valence-corrected chi connectivity index (χ1v) is 11.5. The predicted octanol–water partition coefficient (Wildman–Crippen LogP) is 4.50. The lowest BCUT2D eigenvalue weighted by Crippen LogP contribution is -2.48. The molecule has 2 aromatic carbocycles. The van der Waals surface area contributed by atoms with Crippen LogP contribution in [-0.2, 0) is 11.2 Å². The highest BCUT2D eigenvalue weighted by atomic mass is 35.5. The fraction of sp³-hybridized carbons (Fsp3) is 0.320. The Morgan fingerprint density at radius 2 is 1.70 bits per heavy atom. The summed E-state index contributed by atoms with van der Waals surface area (Å²) in [6.45, 7) is 5.17. The minimum absolute atomic E-state index is 0.0499. The molecule has 3 aromatic rings. The van der Waals surface area contributed by atoms with Gasteiger partial charge < -0.3 is 15.5 Å². The molecule has 0 unspecified atom stereocenters. The fourth-order valence-corrected chi connectivity index (χ4v) is 4.30. The van der Waals surface area contributed by atoms with Gasteiger partial charge in [-0.2, -0.15) is 5.10 Å². The minimum atomic E-state index is -0.216. The molecule has 7 nitrogen and oxygen atoms in total. The predicted molar refractivity (Wildman–Crippen MR) is 130 cm³/mol. The van der Waals surface area contributed by atoms with Gasteiger partial charge in [0, 0.05) is 41.1 Å². The lowest BCUT2D eigenvalue weighted by molar-refractivity contribution is -0.131. The van der Waals surface area contributed by atoms with Crippen LogP contribution in [0.1, 0.15) is 29.8 Å². The molecular formula is C25H28ClN5O2. The van der Waals surface area contributed by atoms with Crippen LogP contribution in [0, 0.1) is 13.8 Å². The molecule has 0 saturated carbocycles. The molecular weight excluding hydrogens is 438 g/mol. The van der Waals surface area contributed by atoms with Gasteiger partial charge >= 0.3 is 6.03 Å². The molecule has 2 heterocycles. The summed E-state index contributed by atoms with van der Waals surface area (Å²) >= 11 is 6.00. The molecule has 3 amide bonds. The van der Waals surface area contributed by atoms with Crippen molar-refractivity contribution in [1.29, 1.82) is 0 Å². The Balaban J connectivity index is 1.31. The number of nitrogens with one attached hydrogen (secondary N) is 2. The van der Waals surface area contributed by atoms with Gasteiger partial charge in [-0.25, -0.2) is 9.48 Å². The van der Waals surface area contributed by atoms with Crippen molar-refractivity contribution in [3.05, 3.63) is 76.6 Å². The maximum atomic E-state index is 13.0. The van der Waals surface area contributed by atoms with E-state index in [1.807, 2.05) is 78.0 Å². The topological polar surface area (TPSA) is 79.3 Å². The minimum Gasteiger partial charge on any atom is -0.342 e. The Bertz CT molecular complexity index is 1120. The van der Waals surface area contributed by atoms with Crippen molar-refractivity contribution in [2.75, 3.05) is 18.4 Å². The van der Waals surface area contributed by atoms with Crippen LogP contribution >= 0.6 is 11.6 Å². The first-order valence-electron chi connectivity index (χ1n) is 11.1. The number of piperidine rings is 1. The van der Waals surface area contributed by atoms with Crippen molar-refractivity contribution in [1.82, 2.24) is 20.0 Å². The number of aromatic nitrogens is 2. The Morgan fingerprint density at radius 3 is 2.36 bits per heavy atom. The molecule has 0 atom stereocenters. The van der Waals surface area contributed by atoms with Crippen LogP contribution in [0.5, 0.6) is 0 Å². The molecule has 1 saturated heterocycles. The van der Waals surface area contributed by atoms with Gasteiger partial charge in [0.05, 0.1) is 17.8 Å². The molecule has 1 aromatic heterocycles. The van der Waals surface area contributed by atoms with Crippen LogP contribution in [0.25, 0.3) is 5.69 Å². The number of amides is 3. The largest absolute Gasteiger partial charge is 0.342 e. The Morgan fingerprint density at radius 1 is 1.03 bits per heavy atom. The molecule has 0 radical (unpaired) electrons. The second-order valence-electron chi connectivity index (χ2n) is 8.33. The third-order valence-corrected chi connectivity index (χ3v) is 6.31. The van der Waals surface area contributed by atoms with E-state index in [1.165, 1.54) is 0 Å². The van der Waals surface area contributed by atoms with E-state index in [-0.39, 0.29) is 18.0 Å². The Hall–Kier alpha value is -3.32. The van der Waals surface area contributed by atoms with Crippen molar-refractivity contribution >= 4 is 29.2 Å². The number of nitrogens with zero attached hydrogens (tertiary/aromatic N) is 3. The summed E-state index contributed by atoms with van der Waals surface area (Å²) in [7, 11) is 0. The monoisotopic (exact) mass is 465 g/mol. The summed E-state index contributed by atoms with van der Waals surface area (Å²) < 4.78 is 1.86. The second kappa shape index (κ2) is 10.1. The van der Waals surface area contributed by atoms with Gasteiger partial charge in [0.2, 0.25) is 5.91 Å². The summed E-state index contributed by atoms with van der Waals surface area (Å²) in [5.74, 6) is 0.0871. The van der Waals surface area contributed by atoms with E-state index in [0.717, 1.165) is 41.2 Å². The maximum Gasteiger partial charge on any atom is 0.319 e. The number of hydrogen-bond donors (Lipinski definition) is 2. The maximum absolute atomic E-state index is 13.0. The number of urea groups is 1. The number of benzene rings is 2. The molecule has 8 heteroatoms. The number of hydrogen-bond acceptors (Lipinski definition) is 3. The molecule has 1 aliphatic heterocycles. The smallest absolute Gasteiger partial charge is 0.319 e. The van der Waals surface area contributed by atoms with Gasteiger partial charge in [-0.3, -0.25) is 4.79 Å². The Kier molecular flexibility index (Phi) is 6.99. The first kappa shape index (κ1) is 22.9. The van der Waals surface area contributed by atoms with Gasteiger partial charge in [0.1, 0.15) is 0 Å². The van der Waals surface area contributed by atoms with Gasteiger partial charge in [-0.05, 0) is 63.1 Å². The summed E-state index contributed by atoms with van der Waals surface area (Å²) in [5, 5.41) is 11.2. The molecule has 172 valence electrons. The molecule has 0 bridgehead atoms. The number of para-hydroxylation sites is 1.